The van der Waals surface area contributed by atoms with Crippen molar-refractivity contribution in [1.82, 2.24) is 5.32 Å². The van der Waals surface area contributed by atoms with Crippen LogP contribution < -0.4 is 11.1 Å². The smallest absolute Gasteiger partial charge is 0.0813 e. The van der Waals surface area contributed by atoms with Gasteiger partial charge in [-0.1, -0.05) is 18.2 Å². The van der Waals surface area contributed by atoms with E-state index in [9.17, 15) is 5.11 Å². The van der Waals surface area contributed by atoms with Crippen molar-refractivity contribution in [1.29, 1.82) is 0 Å². The summed E-state index contributed by atoms with van der Waals surface area (Å²) in [6.45, 7) is 2.04. The molecule has 1 aromatic carbocycles. The molecular weight excluding hydrogens is 176 g/mol. The van der Waals surface area contributed by atoms with Gasteiger partial charge in [-0.15, -0.1) is 0 Å². The minimum absolute atomic E-state index is 0.414. The molecule has 14 heavy (non-hydrogen) atoms. The van der Waals surface area contributed by atoms with Crippen LogP contribution in [0.4, 0.5) is 5.69 Å². The van der Waals surface area contributed by atoms with Crippen molar-refractivity contribution in [3.8, 4) is 0 Å². The van der Waals surface area contributed by atoms with Crippen molar-refractivity contribution in [2.24, 2.45) is 5.92 Å². The van der Waals surface area contributed by atoms with Crippen molar-refractivity contribution in [2.75, 3.05) is 18.8 Å². The molecule has 76 valence electrons. The van der Waals surface area contributed by atoms with Gasteiger partial charge in [0.1, 0.15) is 0 Å². The van der Waals surface area contributed by atoms with Crippen molar-refractivity contribution < 1.29 is 5.11 Å². The molecule has 0 aromatic heterocycles. The fourth-order valence-electron chi connectivity index (χ4n) is 1.77. The molecule has 0 bridgehead atoms. The Bertz CT molecular complexity index is 310. The van der Waals surface area contributed by atoms with Crippen molar-refractivity contribution >= 4 is 5.69 Å². The van der Waals surface area contributed by atoms with Gasteiger partial charge in [0, 0.05) is 11.3 Å². The zero-order valence-corrected chi connectivity index (χ0v) is 8.11. The SMILES string of the molecule is Nc1ccccc1C(O)CC1CNC1. The summed E-state index contributed by atoms with van der Waals surface area (Å²) in [5.41, 5.74) is 7.33. The summed E-state index contributed by atoms with van der Waals surface area (Å²) < 4.78 is 0. The second-order valence-corrected chi connectivity index (χ2v) is 3.90. The summed E-state index contributed by atoms with van der Waals surface area (Å²) in [5, 5.41) is 13.1. The third-order valence-corrected chi connectivity index (χ3v) is 2.78. The molecule has 1 aliphatic rings. The molecule has 0 spiro atoms. The predicted octanol–water partition coefficient (Wildman–Crippen LogP) is 0.912. The number of hydrogen-bond donors (Lipinski definition) is 3. The lowest BCUT2D eigenvalue weighted by atomic mass is 9.92. The van der Waals surface area contributed by atoms with Crippen LogP contribution in [0.25, 0.3) is 0 Å². The Morgan fingerprint density at radius 3 is 2.71 bits per heavy atom. The first-order chi connectivity index (χ1) is 6.77. The molecule has 1 aromatic rings. The van der Waals surface area contributed by atoms with Gasteiger partial charge in [0.2, 0.25) is 0 Å². The van der Waals surface area contributed by atoms with Gasteiger partial charge < -0.3 is 16.2 Å². The largest absolute Gasteiger partial charge is 0.398 e. The molecule has 3 heteroatoms. The number of nitrogen functional groups attached to an aromatic ring is 1. The second-order valence-electron chi connectivity index (χ2n) is 3.90. The second kappa shape index (κ2) is 3.98. The maximum absolute atomic E-state index is 9.93. The maximum atomic E-state index is 9.93. The molecular formula is C11H16N2O. The number of aliphatic hydroxyl groups excluding tert-OH is 1. The number of rotatable bonds is 3. The molecule has 1 unspecified atom stereocenters. The number of hydrogen-bond acceptors (Lipinski definition) is 3. The van der Waals surface area contributed by atoms with Crippen molar-refractivity contribution in [2.45, 2.75) is 12.5 Å². The lowest BCUT2D eigenvalue weighted by Crippen LogP contribution is -2.42. The highest BCUT2D eigenvalue weighted by atomic mass is 16.3. The lowest BCUT2D eigenvalue weighted by molar-refractivity contribution is 0.127. The normalized spacial score (nSPS) is 18.9. The van der Waals surface area contributed by atoms with Gasteiger partial charge in [0.05, 0.1) is 6.10 Å². The summed E-state index contributed by atoms with van der Waals surface area (Å²) >= 11 is 0. The van der Waals surface area contributed by atoms with E-state index in [1.54, 1.807) is 0 Å². The molecule has 0 amide bonds. The van der Waals surface area contributed by atoms with Crippen LogP contribution in [0.2, 0.25) is 0 Å². The average molecular weight is 192 g/mol. The highest BCUT2D eigenvalue weighted by molar-refractivity contribution is 5.47. The maximum Gasteiger partial charge on any atom is 0.0813 e. The van der Waals surface area contributed by atoms with Gasteiger partial charge in [0.25, 0.3) is 0 Å². The summed E-state index contributed by atoms with van der Waals surface area (Å²) in [4.78, 5) is 0. The minimum Gasteiger partial charge on any atom is -0.398 e. The Hall–Kier alpha value is -1.06. The van der Waals surface area contributed by atoms with E-state index in [0.29, 0.717) is 11.6 Å². The number of nitrogens with one attached hydrogen (secondary N) is 1. The third kappa shape index (κ3) is 1.89. The quantitative estimate of drug-likeness (QED) is 0.624. The molecule has 1 atom stereocenters. The fraction of sp³-hybridized carbons (Fsp3) is 0.455. The van der Waals surface area contributed by atoms with E-state index < -0.39 is 6.10 Å². The standard InChI is InChI=1S/C11H16N2O/c12-10-4-2-1-3-9(10)11(14)5-8-6-13-7-8/h1-4,8,11,13-14H,5-7,12H2. The number of anilines is 1. The molecule has 0 radical (unpaired) electrons. The number of benzene rings is 1. The monoisotopic (exact) mass is 192 g/mol. The summed E-state index contributed by atoms with van der Waals surface area (Å²) in [7, 11) is 0. The summed E-state index contributed by atoms with van der Waals surface area (Å²) in [6, 6.07) is 7.52. The van der Waals surface area contributed by atoms with E-state index >= 15 is 0 Å². The van der Waals surface area contributed by atoms with E-state index in [2.05, 4.69) is 5.32 Å². The number of aliphatic hydroxyl groups is 1. The molecule has 1 fully saturated rings. The Labute approximate surface area is 83.9 Å². The van der Waals surface area contributed by atoms with E-state index in [4.69, 9.17) is 5.73 Å². The zero-order valence-electron chi connectivity index (χ0n) is 8.11. The Kier molecular flexibility index (Phi) is 2.70. The van der Waals surface area contributed by atoms with Crippen LogP contribution in [-0.2, 0) is 0 Å². The molecule has 1 aliphatic heterocycles. The van der Waals surface area contributed by atoms with Crippen molar-refractivity contribution in [3.63, 3.8) is 0 Å². The first-order valence-electron chi connectivity index (χ1n) is 5.00. The zero-order chi connectivity index (χ0) is 9.97. The first kappa shape index (κ1) is 9.49. The van der Waals surface area contributed by atoms with Crippen LogP contribution in [0, 0.1) is 5.92 Å². The van der Waals surface area contributed by atoms with Gasteiger partial charge in [0.15, 0.2) is 0 Å². The first-order valence-corrected chi connectivity index (χ1v) is 5.00. The average Bonchev–Trinajstić information content (AvgIpc) is 2.12. The van der Waals surface area contributed by atoms with Crippen LogP contribution in [-0.4, -0.2) is 18.2 Å². The molecule has 1 heterocycles. The predicted molar refractivity (Wildman–Crippen MR) is 56.8 cm³/mol. The highest BCUT2D eigenvalue weighted by Gasteiger charge is 2.21. The summed E-state index contributed by atoms with van der Waals surface area (Å²) in [5.74, 6) is 0.601. The van der Waals surface area contributed by atoms with Crippen LogP contribution in [0.1, 0.15) is 18.1 Å². The van der Waals surface area contributed by atoms with Gasteiger partial charge >= 0.3 is 0 Å². The van der Waals surface area contributed by atoms with Gasteiger partial charge in [-0.25, -0.2) is 0 Å². The molecule has 0 aliphatic carbocycles. The van der Waals surface area contributed by atoms with Crippen LogP contribution in [0.15, 0.2) is 24.3 Å². The van der Waals surface area contributed by atoms with Gasteiger partial charge in [-0.3, -0.25) is 0 Å². The molecule has 4 N–H and O–H groups in total. The Morgan fingerprint density at radius 2 is 2.14 bits per heavy atom. The van der Waals surface area contributed by atoms with Crippen molar-refractivity contribution in [3.05, 3.63) is 29.8 Å². The lowest BCUT2D eigenvalue weighted by Gasteiger charge is -2.29. The summed E-state index contributed by atoms with van der Waals surface area (Å²) in [6.07, 6.45) is 0.393. The van der Waals surface area contributed by atoms with Gasteiger partial charge in [-0.05, 0) is 31.5 Å². The molecule has 0 saturated carbocycles. The number of para-hydroxylation sites is 1. The molecule has 2 rings (SSSR count). The van der Waals surface area contributed by atoms with Crippen LogP contribution in [0.3, 0.4) is 0 Å². The van der Waals surface area contributed by atoms with E-state index in [-0.39, 0.29) is 0 Å². The minimum atomic E-state index is -0.414. The Morgan fingerprint density at radius 1 is 1.43 bits per heavy atom. The Balaban J connectivity index is 2.02. The fourth-order valence-corrected chi connectivity index (χ4v) is 1.77. The van der Waals surface area contributed by atoms with Crippen LogP contribution >= 0.6 is 0 Å². The van der Waals surface area contributed by atoms with Crippen LogP contribution in [0.5, 0.6) is 0 Å². The van der Waals surface area contributed by atoms with E-state index in [0.717, 1.165) is 25.1 Å². The topological polar surface area (TPSA) is 58.3 Å². The van der Waals surface area contributed by atoms with E-state index in [1.807, 2.05) is 24.3 Å². The van der Waals surface area contributed by atoms with E-state index in [1.165, 1.54) is 0 Å². The highest BCUT2D eigenvalue weighted by Crippen LogP contribution is 2.26. The molecule has 1 saturated heterocycles. The van der Waals surface area contributed by atoms with Gasteiger partial charge in [-0.2, -0.15) is 0 Å². The number of nitrogens with two attached hydrogens (primary N) is 1. The molecule has 3 nitrogen and oxygen atoms in total. The third-order valence-electron chi connectivity index (χ3n) is 2.78.